The van der Waals surface area contributed by atoms with Gasteiger partial charge in [0.25, 0.3) is 0 Å². The van der Waals surface area contributed by atoms with Crippen molar-refractivity contribution in [1.29, 1.82) is 0 Å². The molecule has 0 saturated carbocycles. The summed E-state index contributed by atoms with van der Waals surface area (Å²) >= 11 is 0. The van der Waals surface area contributed by atoms with E-state index in [-0.39, 0.29) is 0 Å². The molecule has 0 radical (unpaired) electrons. The summed E-state index contributed by atoms with van der Waals surface area (Å²) in [6, 6.07) is 13.6. The molecule has 0 unspecified atom stereocenters. The van der Waals surface area contributed by atoms with Crippen LogP contribution in [0, 0.1) is 6.92 Å². The van der Waals surface area contributed by atoms with Crippen molar-refractivity contribution in [2.75, 3.05) is 0 Å². The minimum Gasteiger partial charge on any atom is -0.255 e. The lowest BCUT2D eigenvalue weighted by Crippen LogP contribution is -1.98. The van der Waals surface area contributed by atoms with Crippen LogP contribution in [0.4, 0.5) is 0 Å². The van der Waals surface area contributed by atoms with Gasteiger partial charge in [0.1, 0.15) is 0 Å². The molecular formula is C17H13N5. The summed E-state index contributed by atoms with van der Waals surface area (Å²) in [6.45, 7) is 1.96. The number of rotatable bonds is 2. The first-order valence-electron chi connectivity index (χ1n) is 7.00. The predicted molar refractivity (Wildman–Crippen MR) is 84.6 cm³/mol. The van der Waals surface area contributed by atoms with Crippen LogP contribution in [0.25, 0.3) is 28.1 Å². The summed E-state index contributed by atoms with van der Waals surface area (Å²) in [5.41, 5.74) is 4.55. The molecule has 0 aliphatic heterocycles. The van der Waals surface area contributed by atoms with E-state index in [1.807, 2.05) is 55.6 Å². The van der Waals surface area contributed by atoms with Gasteiger partial charge in [0, 0.05) is 23.7 Å². The Balaban J connectivity index is 1.76. The van der Waals surface area contributed by atoms with Gasteiger partial charge in [-0.3, -0.25) is 4.98 Å². The van der Waals surface area contributed by atoms with Gasteiger partial charge in [-0.05, 0) is 43.3 Å². The topological polar surface area (TPSA) is 56.5 Å². The van der Waals surface area contributed by atoms with E-state index in [0.717, 1.165) is 33.8 Å². The normalized spacial score (nSPS) is 11.0. The molecule has 0 fully saturated rings. The molecule has 4 aromatic rings. The number of fused-ring (bicyclic) bond motifs is 1. The molecule has 106 valence electrons. The maximum absolute atomic E-state index is 4.63. The van der Waals surface area contributed by atoms with E-state index in [2.05, 4.69) is 20.1 Å². The molecule has 0 atom stereocenters. The van der Waals surface area contributed by atoms with E-state index in [4.69, 9.17) is 0 Å². The Morgan fingerprint density at radius 2 is 1.86 bits per heavy atom. The number of aromatic nitrogens is 5. The van der Waals surface area contributed by atoms with E-state index >= 15 is 0 Å². The van der Waals surface area contributed by atoms with Crippen molar-refractivity contribution in [3.05, 3.63) is 66.7 Å². The minimum atomic E-state index is 0.800. The van der Waals surface area contributed by atoms with Crippen LogP contribution in [0.3, 0.4) is 0 Å². The third-order valence-electron chi connectivity index (χ3n) is 3.44. The summed E-state index contributed by atoms with van der Waals surface area (Å²) in [4.78, 5) is 13.4. The molecule has 0 bridgehead atoms. The van der Waals surface area contributed by atoms with Crippen molar-refractivity contribution < 1.29 is 0 Å². The molecule has 0 aliphatic rings. The van der Waals surface area contributed by atoms with Gasteiger partial charge in [0.15, 0.2) is 5.82 Å². The van der Waals surface area contributed by atoms with E-state index in [9.17, 15) is 0 Å². The van der Waals surface area contributed by atoms with Crippen LogP contribution in [0.2, 0.25) is 0 Å². The monoisotopic (exact) mass is 287 g/mol. The SMILES string of the molecule is Cc1cccc(-n2cc(-c3ccc4ncccc4n3)cn2)n1. The third-order valence-corrected chi connectivity index (χ3v) is 3.44. The Morgan fingerprint density at radius 1 is 0.909 bits per heavy atom. The van der Waals surface area contributed by atoms with E-state index in [1.165, 1.54) is 0 Å². The van der Waals surface area contributed by atoms with E-state index < -0.39 is 0 Å². The Bertz CT molecular complexity index is 958. The van der Waals surface area contributed by atoms with Gasteiger partial charge in [0.2, 0.25) is 0 Å². The minimum absolute atomic E-state index is 0.800. The fourth-order valence-electron chi connectivity index (χ4n) is 2.35. The summed E-state index contributed by atoms with van der Waals surface area (Å²) in [5.74, 6) is 0.800. The highest BCUT2D eigenvalue weighted by atomic mass is 15.3. The molecule has 0 aromatic carbocycles. The third kappa shape index (κ3) is 2.22. The standard InChI is InChI=1S/C17H13N5/c1-12-4-2-6-17(20-12)22-11-13(10-19-22)14-7-8-15-16(21-14)5-3-9-18-15/h2-11H,1H3. The Labute approximate surface area is 127 Å². The first kappa shape index (κ1) is 12.6. The number of aryl methyl sites for hydroxylation is 1. The van der Waals surface area contributed by atoms with Gasteiger partial charge in [-0.1, -0.05) is 6.07 Å². The van der Waals surface area contributed by atoms with Crippen molar-refractivity contribution in [2.45, 2.75) is 6.92 Å². The van der Waals surface area contributed by atoms with Crippen molar-refractivity contribution in [1.82, 2.24) is 24.7 Å². The molecule has 4 rings (SSSR count). The van der Waals surface area contributed by atoms with Gasteiger partial charge < -0.3 is 0 Å². The van der Waals surface area contributed by atoms with Crippen LogP contribution in [-0.2, 0) is 0 Å². The van der Waals surface area contributed by atoms with Crippen LogP contribution < -0.4 is 0 Å². The highest BCUT2D eigenvalue weighted by Gasteiger charge is 2.06. The molecule has 4 aromatic heterocycles. The molecule has 0 N–H and O–H groups in total. The molecule has 5 heteroatoms. The van der Waals surface area contributed by atoms with Crippen LogP contribution >= 0.6 is 0 Å². The average Bonchev–Trinajstić information content (AvgIpc) is 3.04. The number of hydrogen-bond donors (Lipinski definition) is 0. The molecule has 5 nitrogen and oxygen atoms in total. The first-order chi connectivity index (χ1) is 10.8. The van der Waals surface area contributed by atoms with Crippen molar-refractivity contribution in [2.24, 2.45) is 0 Å². The lowest BCUT2D eigenvalue weighted by Gasteiger charge is -2.01. The second-order valence-electron chi connectivity index (χ2n) is 5.05. The highest BCUT2D eigenvalue weighted by molar-refractivity contribution is 5.77. The Kier molecular flexibility index (Phi) is 2.89. The summed E-state index contributed by atoms with van der Waals surface area (Å²) in [5, 5.41) is 4.38. The lowest BCUT2D eigenvalue weighted by atomic mass is 10.2. The molecule has 0 amide bonds. The Hall–Kier alpha value is -3.08. The van der Waals surface area contributed by atoms with Crippen molar-refractivity contribution in [3.8, 4) is 17.1 Å². The quantitative estimate of drug-likeness (QED) is 0.568. The fraction of sp³-hybridized carbons (Fsp3) is 0.0588. The molecule has 4 heterocycles. The molecule has 0 saturated heterocycles. The largest absolute Gasteiger partial charge is 0.255 e. The molecular weight excluding hydrogens is 274 g/mol. The zero-order valence-electron chi connectivity index (χ0n) is 12.0. The predicted octanol–water partition coefficient (Wildman–Crippen LogP) is 3.19. The first-order valence-corrected chi connectivity index (χ1v) is 7.00. The van der Waals surface area contributed by atoms with Crippen molar-refractivity contribution >= 4 is 11.0 Å². The lowest BCUT2D eigenvalue weighted by molar-refractivity contribution is 0.841. The summed E-state index contributed by atoms with van der Waals surface area (Å²) in [6.07, 6.45) is 5.51. The van der Waals surface area contributed by atoms with Gasteiger partial charge in [-0.15, -0.1) is 0 Å². The van der Waals surface area contributed by atoms with Gasteiger partial charge in [-0.2, -0.15) is 5.10 Å². The zero-order chi connectivity index (χ0) is 14.9. The summed E-state index contributed by atoms with van der Waals surface area (Å²) < 4.78 is 1.76. The summed E-state index contributed by atoms with van der Waals surface area (Å²) in [7, 11) is 0. The van der Waals surface area contributed by atoms with Crippen LogP contribution in [0.1, 0.15) is 5.69 Å². The van der Waals surface area contributed by atoms with Gasteiger partial charge in [-0.25, -0.2) is 14.6 Å². The van der Waals surface area contributed by atoms with Crippen LogP contribution in [0.15, 0.2) is 61.1 Å². The van der Waals surface area contributed by atoms with E-state index in [0.29, 0.717) is 0 Å². The van der Waals surface area contributed by atoms with Gasteiger partial charge in [0.05, 0.1) is 22.9 Å². The smallest absolute Gasteiger partial charge is 0.153 e. The van der Waals surface area contributed by atoms with Gasteiger partial charge >= 0.3 is 0 Å². The number of nitrogens with zero attached hydrogens (tertiary/aromatic N) is 5. The highest BCUT2D eigenvalue weighted by Crippen LogP contribution is 2.20. The zero-order valence-corrected chi connectivity index (χ0v) is 12.0. The second kappa shape index (κ2) is 5.04. The second-order valence-corrected chi connectivity index (χ2v) is 5.05. The number of hydrogen-bond acceptors (Lipinski definition) is 4. The van der Waals surface area contributed by atoms with Crippen LogP contribution in [0.5, 0.6) is 0 Å². The maximum Gasteiger partial charge on any atom is 0.153 e. The van der Waals surface area contributed by atoms with Crippen molar-refractivity contribution in [3.63, 3.8) is 0 Å². The van der Waals surface area contributed by atoms with Crippen LogP contribution in [-0.4, -0.2) is 24.7 Å². The molecule has 0 aliphatic carbocycles. The number of pyridine rings is 3. The fourth-order valence-corrected chi connectivity index (χ4v) is 2.35. The molecule has 0 spiro atoms. The Morgan fingerprint density at radius 3 is 2.77 bits per heavy atom. The average molecular weight is 287 g/mol. The maximum atomic E-state index is 4.63. The van der Waals surface area contributed by atoms with E-state index in [1.54, 1.807) is 17.1 Å². The molecule has 22 heavy (non-hydrogen) atoms.